The zero-order valence-corrected chi connectivity index (χ0v) is 20.9. The van der Waals surface area contributed by atoms with E-state index in [0.29, 0.717) is 11.8 Å². The fourth-order valence-corrected chi connectivity index (χ4v) is 8.77. The number of fused-ring (bicyclic) bond motifs is 5. The first-order valence-corrected chi connectivity index (χ1v) is 13.0. The van der Waals surface area contributed by atoms with Crippen molar-refractivity contribution in [3.05, 3.63) is 11.6 Å². The van der Waals surface area contributed by atoms with Crippen molar-refractivity contribution < 1.29 is 37.4 Å². The summed E-state index contributed by atoms with van der Waals surface area (Å²) in [4.78, 5) is 37.9. The Bertz CT molecular complexity index is 942. The summed E-state index contributed by atoms with van der Waals surface area (Å²) < 4.78 is 51.9. The van der Waals surface area contributed by atoms with Gasteiger partial charge in [-0.3, -0.25) is 14.4 Å². The SMILES string of the molecule is CCC(=O)O[C@]1(C(=O)SCF)[C@H](C)C[C@H]2[C@@H]3C[C@H](F)C4=CC(=O)CC[C@]4(C)[C@@]3(F)[C@@H](O)C[C@@]21C. The van der Waals surface area contributed by atoms with Gasteiger partial charge in [0.15, 0.2) is 11.4 Å². The van der Waals surface area contributed by atoms with Gasteiger partial charge in [0.25, 0.3) is 0 Å². The highest BCUT2D eigenvalue weighted by atomic mass is 32.2. The van der Waals surface area contributed by atoms with Crippen LogP contribution in [0.4, 0.5) is 13.2 Å². The third-order valence-electron chi connectivity index (χ3n) is 9.62. The molecule has 0 saturated heterocycles. The predicted octanol–water partition coefficient (Wildman–Crippen LogP) is 4.65. The maximum atomic E-state index is 17.3. The van der Waals surface area contributed by atoms with Crippen LogP contribution in [0, 0.1) is 28.6 Å². The summed E-state index contributed by atoms with van der Waals surface area (Å²) in [6.07, 6.45) is -1.94. The second-order valence-corrected chi connectivity index (χ2v) is 11.8. The van der Waals surface area contributed by atoms with Crippen LogP contribution in [0.3, 0.4) is 0 Å². The normalized spacial score (nSPS) is 47.8. The summed E-state index contributed by atoms with van der Waals surface area (Å²) in [5.41, 5.74) is -6.44. The molecule has 0 unspecified atom stereocenters. The summed E-state index contributed by atoms with van der Waals surface area (Å²) in [5, 5.41) is 10.8. The summed E-state index contributed by atoms with van der Waals surface area (Å²) in [6, 6.07) is -1.01. The Kier molecular flexibility index (Phi) is 6.32. The van der Waals surface area contributed by atoms with E-state index in [1.54, 1.807) is 27.7 Å². The van der Waals surface area contributed by atoms with E-state index in [-0.39, 0.29) is 49.9 Å². The second-order valence-electron chi connectivity index (χ2n) is 11.0. The molecule has 0 aromatic heterocycles. The van der Waals surface area contributed by atoms with Crippen LogP contribution in [0.2, 0.25) is 0 Å². The van der Waals surface area contributed by atoms with Crippen LogP contribution in [0.1, 0.15) is 66.2 Å². The average Bonchev–Trinajstić information content (AvgIpc) is 2.99. The van der Waals surface area contributed by atoms with Crippen molar-refractivity contribution in [3.63, 3.8) is 0 Å². The van der Waals surface area contributed by atoms with Gasteiger partial charge in [-0.05, 0) is 55.0 Å². The number of halogens is 3. The van der Waals surface area contributed by atoms with Crippen molar-refractivity contribution in [2.24, 2.45) is 28.6 Å². The van der Waals surface area contributed by atoms with Crippen molar-refractivity contribution in [2.75, 3.05) is 6.01 Å². The molecule has 0 bridgehead atoms. The number of allylic oxidation sites excluding steroid dienone is 1. The lowest BCUT2D eigenvalue weighted by atomic mass is 9.43. The van der Waals surface area contributed by atoms with Gasteiger partial charge in [-0.2, -0.15) is 0 Å². The monoisotopic (exact) mass is 502 g/mol. The van der Waals surface area contributed by atoms with E-state index in [1.807, 2.05) is 0 Å². The molecule has 4 rings (SSSR count). The highest BCUT2D eigenvalue weighted by Crippen LogP contribution is 2.72. The molecule has 190 valence electrons. The molecule has 0 heterocycles. The maximum Gasteiger partial charge on any atom is 0.306 e. The molecule has 4 aliphatic carbocycles. The second kappa shape index (κ2) is 8.36. The predicted molar refractivity (Wildman–Crippen MR) is 121 cm³/mol. The number of aliphatic hydroxyl groups excluding tert-OH is 1. The minimum atomic E-state index is -2.22. The lowest BCUT2D eigenvalue weighted by Crippen LogP contribution is -2.71. The molecule has 0 aliphatic heterocycles. The first-order chi connectivity index (χ1) is 15.8. The lowest BCUT2D eigenvalue weighted by Gasteiger charge is -2.64. The Labute approximate surface area is 202 Å². The van der Waals surface area contributed by atoms with E-state index in [0.717, 1.165) is 0 Å². The fraction of sp³-hybridized carbons (Fsp3) is 0.800. The number of hydrogen-bond acceptors (Lipinski definition) is 6. The number of rotatable bonds is 4. The minimum Gasteiger partial charge on any atom is -0.449 e. The first-order valence-electron chi connectivity index (χ1n) is 12.0. The van der Waals surface area contributed by atoms with Crippen molar-refractivity contribution in [3.8, 4) is 0 Å². The smallest absolute Gasteiger partial charge is 0.306 e. The van der Waals surface area contributed by atoms with Gasteiger partial charge < -0.3 is 9.84 Å². The fourth-order valence-electron chi connectivity index (χ4n) is 7.98. The van der Waals surface area contributed by atoms with Crippen LogP contribution in [0.25, 0.3) is 0 Å². The summed E-state index contributed by atoms with van der Waals surface area (Å²) >= 11 is 0.407. The Hall–Kier alpha value is -1.35. The molecule has 0 amide bonds. The number of ether oxygens (including phenoxy) is 1. The van der Waals surface area contributed by atoms with Crippen LogP contribution in [0.5, 0.6) is 0 Å². The Balaban J connectivity index is 1.86. The van der Waals surface area contributed by atoms with E-state index in [4.69, 9.17) is 4.74 Å². The number of alkyl halides is 3. The molecular weight excluding hydrogens is 469 g/mol. The number of carbonyl (C=O) groups excluding carboxylic acids is 3. The zero-order valence-electron chi connectivity index (χ0n) is 20.0. The van der Waals surface area contributed by atoms with E-state index < -0.39 is 69.2 Å². The molecule has 0 radical (unpaired) electrons. The molecular formula is C25H33F3O5S. The number of esters is 1. The van der Waals surface area contributed by atoms with Gasteiger partial charge >= 0.3 is 5.97 Å². The molecule has 9 heteroatoms. The van der Waals surface area contributed by atoms with Gasteiger partial charge in [0.1, 0.15) is 17.8 Å². The van der Waals surface area contributed by atoms with Gasteiger partial charge in [-0.25, -0.2) is 13.2 Å². The van der Waals surface area contributed by atoms with Crippen LogP contribution in [0.15, 0.2) is 11.6 Å². The Morgan fingerprint density at radius 1 is 1.26 bits per heavy atom. The van der Waals surface area contributed by atoms with E-state index in [2.05, 4.69) is 0 Å². The largest absolute Gasteiger partial charge is 0.449 e. The standard InChI is InChI=1S/C25H33F3O5S/c1-5-20(31)33-25(21(32)34-12-26)13(2)8-15-16-10-18(27)17-9-14(29)6-7-22(17,3)24(16,28)19(30)11-23(15,25)4/h9,13,15-16,18-19,30H,5-8,10-12H2,1-4H3/t13-,15+,16+,18+,19+,22+,23+,24+,25+/m1/s1. The number of hydrogen-bond donors (Lipinski definition) is 1. The highest BCUT2D eigenvalue weighted by molar-refractivity contribution is 8.13. The molecule has 9 atom stereocenters. The van der Waals surface area contributed by atoms with E-state index in [1.165, 1.54) is 6.08 Å². The van der Waals surface area contributed by atoms with E-state index in [9.17, 15) is 23.9 Å². The summed E-state index contributed by atoms with van der Waals surface area (Å²) in [6.45, 7) is 6.58. The summed E-state index contributed by atoms with van der Waals surface area (Å²) in [5.74, 6) is -3.00. The minimum absolute atomic E-state index is 0.00533. The molecule has 3 saturated carbocycles. The molecule has 3 fully saturated rings. The first kappa shape index (κ1) is 25.7. The van der Waals surface area contributed by atoms with Crippen molar-refractivity contribution in [1.29, 1.82) is 0 Å². The van der Waals surface area contributed by atoms with Crippen LogP contribution in [-0.2, 0) is 19.1 Å². The number of ketones is 1. The molecule has 0 aromatic rings. The average molecular weight is 503 g/mol. The maximum absolute atomic E-state index is 17.3. The lowest BCUT2D eigenvalue weighted by molar-refractivity contribution is -0.236. The van der Waals surface area contributed by atoms with Crippen molar-refractivity contribution in [2.45, 2.75) is 89.8 Å². The third-order valence-corrected chi connectivity index (χ3v) is 10.3. The third kappa shape index (κ3) is 3.07. The van der Waals surface area contributed by atoms with Gasteiger partial charge in [0.05, 0.1) is 6.10 Å². The Morgan fingerprint density at radius 3 is 2.56 bits per heavy atom. The zero-order chi connectivity index (χ0) is 25.3. The van der Waals surface area contributed by atoms with E-state index >= 15 is 8.78 Å². The van der Waals surface area contributed by atoms with Gasteiger partial charge in [0.2, 0.25) is 5.12 Å². The summed E-state index contributed by atoms with van der Waals surface area (Å²) in [7, 11) is 0. The molecule has 4 aliphatic rings. The van der Waals surface area contributed by atoms with Crippen LogP contribution in [-0.4, -0.2) is 51.5 Å². The van der Waals surface area contributed by atoms with Gasteiger partial charge in [-0.15, -0.1) is 0 Å². The molecule has 5 nitrogen and oxygen atoms in total. The topological polar surface area (TPSA) is 80.7 Å². The van der Waals surface area contributed by atoms with Crippen molar-refractivity contribution in [1.82, 2.24) is 0 Å². The van der Waals surface area contributed by atoms with Gasteiger partial charge in [-0.1, -0.05) is 27.7 Å². The van der Waals surface area contributed by atoms with Crippen LogP contribution >= 0.6 is 11.8 Å². The number of aliphatic hydroxyl groups is 1. The highest BCUT2D eigenvalue weighted by Gasteiger charge is 2.78. The number of thioether (sulfide) groups is 1. The number of carbonyl (C=O) groups is 3. The molecule has 1 N–H and O–H groups in total. The van der Waals surface area contributed by atoms with Crippen LogP contribution < -0.4 is 0 Å². The quantitative estimate of drug-likeness (QED) is 0.564. The molecule has 0 aromatic carbocycles. The molecule has 0 spiro atoms. The van der Waals surface area contributed by atoms with Crippen molar-refractivity contribution >= 4 is 28.6 Å². The van der Waals surface area contributed by atoms with Gasteiger partial charge in [0, 0.05) is 35.5 Å². The Morgan fingerprint density at radius 2 is 1.94 bits per heavy atom. The molecule has 34 heavy (non-hydrogen) atoms.